The lowest BCUT2D eigenvalue weighted by Crippen LogP contribution is -2.48. The topological polar surface area (TPSA) is 105 Å². The first-order chi connectivity index (χ1) is 9.84. The highest BCUT2D eigenvalue weighted by molar-refractivity contribution is 7.91. The lowest BCUT2D eigenvalue weighted by atomic mass is 10.2. The molecule has 1 fully saturated rings. The van der Waals surface area contributed by atoms with Crippen molar-refractivity contribution < 1.29 is 22.7 Å². The van der Waals surface area contributed by atoms with Gasteiger partial charge in [0, 0.05) is 39.7 Å². The molecule has 9 heteroatoms. The largest absolute Gasteiger partial charge is 0.383 e. The summed E-state index contributed by atoms with van der Waals surface area (Å²) in [6, 6.07) is -0.379. The van der Waals surface area contributed by atoms with Crippen LogP contribution < -0.4 is 10.6 Å². The molecule has 0 aromatic heterocycles. The minimum absolute atomic E-state index is 0.0351. The molecule has 0 spiro atoms. The zero-order valence-corrected chi connectivity index (χ0v) is 13.2. The average molecular weight is 321 g/mol. The molecule has 2 N–H and O–H groups in total. The van der Waals surface area contributed by atoms with E-state index in [0.717, 1.165) is 0 Å². The van der Waals surface area contributed by atoms with E-state index in [1.165, 1.54) is 19.1 Å². The first-order valence-corrected chi connectivity index (χ1v) is 8.59. The number of sulfone groups is 1. The molecule has 0 aromatic carbocycles. The second-order valence-electron chi connectivity index (χ2n) is 5.06. The molecule has 122 valence electrons. The summed E-state index contributed by atoms with van der Waals surface area (Å²) in [6.07, 6.45) is 0.0705. The maximum atomic E-state index is 12.0. The van der Waals surface area contributed by atoms with Crippen LogP contribution in [0.4, 0.5) is 0 Å². The monoisotopic (exact) mass is 321 g/mol. The summed E-state index contributed by atoms with van der Waals surface area (Å²) < 4.78 is 27.8. The van der Waals surface area contributed by atoms with Gasteiger partial charge in [-0.1, -0.05) is 0 Å². The van der Waals surface area contributed by atoms with Crippen LogP contribution in [0, 0.1) is 0 Å². The first kappa shape index (κ1) is 17.9. The predicted octanol–water partition coefficient (Wildman–Crippen LogP) is -2.02. The van der Waals surface area contributed by atoms with Crippen LogP contribution in [0.1, 0.15) is 6.42 Å². The molecular weight excluding hydrogens is 298 g/mol. The van der Waals surface area contributed by atoms with Crippen molar-refractivity contribution in [1.29, 1.82) is 0 Å². The van der Waals surface area contributed by atoms with Gasteiger partial charge in [-0.25, -0.2) is 8.42 Å². The van der Waals surface area contributed by atoms with Crippen molar-refractivity contribution in [2.45, 2.75) is 12.5 Å². The Morgan fingerprint density at radius 2 is 2.14 bits per heavy atom. The molecule has 1 atom stereocenters. The quantitative estimate of drug-likeness (QED) is 0.525. The summed E-state index contributed by atoms with van der Waals surface area (Å²) in [5.41, 5.74) is 0. The second kappa shape index (κ2) is 8.30. The van der Waals surface area contributed by atoms with Gasteiger partial charge in [0.05, 0.1) is 24.7 Å². The van der Waals surface area contributed by atoms with E-state index in [1.54, 1.807) is 0 Å². The Kier molecular flexibility index (Phi) is 7.06. The van der Waals surface area contributed by atoms with Gasteiger partial charge in [0.1, 0.15) is 0 Å². The molecule has 1 unspecified atom stereocenters. The number of hydrogen-bond acceptors (Lipinski definition) is 6. The number of carbonyl (C=O) groups is 2. The number of nitrogens with one attached hydrogen (secondary N) is 2. The summed E-state index contributed by atoms with van der Waals surface area (Å²) in [6.45, 7) is 1.11. The van der Waals surface area contributed by atoms with Gasteiger partial charge in [-0.15, -0.1) is 0 Å². The Morgan fingerprint density at radius 3 is 2.76 bits per heavy atom. The molecule has 1 heterocycles. The van der Waals surface area contributed by atoms with Gasteiger partial charge in [-0.3, -0.25) is 9.59 Å². The van der Waals surface area contributed by atoms with Gasteiger partial charge in [-0.05, 0) is 0 Å². The molecule has 21 heavy (non-hydrogen) atoms. The lowest BCUT2D eigenvalue weighted by molar-refractivity contribution is -0.135. The van der Waals surface area contributed by atoms with Gasteiger partial charge in [-0.2, -0.15) is 0 Å². The molecule has 1 rings (SSSR count). The molecule has 0 radical (unpaired) electrons. The van der Waals surface area contributed by atoms with Gasteiger partial charge in [0.15, 0.2) is 9.84 Å². The Hall–Kier alpha value is -1.19. The fourth-order valence-electron chi connectivity index (χ4n) is 2.02. The zero-order chi connectivity index (χ0) is 15.9. The summed E-state index contributed by atoms with van der Waals surface area (Å²) >= 11 is 0. The highest BCUT2D eigenvalue weighted by Gasteiger charge is 2.27. The van der Waals surface area contributed by atoms with Crippen LogP contribution in [0.15, 0.2) is 0 Å². The van der Waals surface area contributed by atoms with Gasteiger partial charge < -0.3 is 20.3 Å². The van der Waals surface area contributed by atoms with Crippen LogP contribution in [0.2, 0.25) is 0 Å². The SMILES string of the molecule is COCCNC(=O)CN(C)C(=O)CC1CS(=O)(=O)CCN1. The van der Waals surface area contributed by atoms with E-state index >= 15 is 0 Å². The Balaban J connectivity index is 2.35. The molecule has 1 saturated heterocycles. The summed E-state index contributed by atoms with van der Waals surface area (Å²) in [5, 5.41) is 5.63. The summed E-state index contributed by atoms with van der Waals surface area (Å²) in [7, 11) is -0.00953. The number of hydrogen-bond donors (Lipinski definition) is 2. The number of amides is 2. The number of nitrogens with zero attached hydrogens (tertiary/aromatic N) is 1. The average Bonchev–Trinajstić information content (AvgIpc) is 2.37. The normalized spacial score (nSPS) is 20.8. The van der Waals surface area contributed by atoms with E-state index in [-0.39, 0.29) is 42.3 Å². The zero-order valence-electron chi connectivity index (χ0n) is 12.4. The minimum atomic E-state index is -3.07. The van der Waals surface area contributed by atoms with Crippen molar-refractivity contribution >= 4 is 21.7 Å². The Bertz CT molecular complexity index is 466. The lowest BCUT2D eigenvalue weighted by Gasteiger charge is -2.25. The molecular formula is C12H23N3O5S. The van der Waals surface area contributed by atoms with Crippen LogP contribution in [0.3, 0.4) is 0 Å². The molecule has 0 saturated carbocycles. The number of rotatable bonds is 7. The van der Waals surface area contributed by atoms with E-state index in [9.17, 15) is 18.0 Å². The van der Waals surface area contributed by atoms with Crippen LogP contribution >= 0.6 is 0 Å². The fraction of sp³-hybridized carbons (Fsp3) is 0.833. The third-order valence-electron chi connectivity index (χ3n) is 3.16. The first-order valence-electron chi connectivity index (χ1n) is 6.77. The van der Waals surface area contributed by atoms with Crippen molar-refractivity contribution in [3.05, 3.63) is 0 Å². The maximum Gasteiger partial charge on any atom is 0.239 e. The Labute approximate surface area is 125 Å². The van der Waals surface area contributed by atoms with Crippen molar-refractivity contribution in [3.63, 3.8) is 0 Å². The van der Waals surface area contributed by atoms with Gasteiger partial charge in [0.2, 0.25) is 11.8 Å². The second-order valence-corrected chi connectivity index (χ2v) is 7.29. The van der Waals surface area contributed by atoms with Gasteiger partial charge in [0.25, 0.3) is 0 Å². The standard InChI is InChI=1S/C12H23N3O5S/c1-15(8-11(16)14-3-5-20-2)12(17)7-10-9-21(18,19)6-4-13-10/h10,13H,3-9H2,1-2H3,(H,14,16). The van der Waals surface area contributed by atoms with Crippen molar-refractivity contribution in [3.8, 4) is 0 Å². The van der Waals surface area contributed by atoms with Crippen molar-refractivity contribution in [1.82, 2.24) is 15.5 Å². The van der Waals surface area contributed by atoms with E-state index in [2.05, 4.69) is 10.6 Å². The number of carbonyl (C=O) groups excluding carboxylic acids is 2. The fourth-order valence-corrected chi connectivity index (χ4v) is 3.46. The third-order valence-corrected chi connectivity index (χ3v) is 4.89. The Morgan fingerprint density at radius 1 is 1.43 bits per heavy atom. The molecule has 8 nitrogen and oxygen atoms in total. The predicted molar refractivity (Wildman–Crippen MR) is 77.6 cm³/mol. The van der Waals surface area contributed by atoms with E-state index in [4.69, 9.17) is 4.74 Å². The minimum Gasteiger partial charge on any atom is -0.383 e. The summed E-state index contributed by atoms with van der Waals surface area (Å²) in [4.78, 5) is 24.8. The summed E-state index contributed by atoms with van der Waals surface area (Å²) in [5.74, 6) is -0.458. The van der Waals surface area contributed by atoms with Crippen LogP contribution in [0.25, 0.3) is 0 Å². The molecule has 1 aliphatic rings. The van der Waals surface area contributed by atoms with Gasteiger partial charge >= 0.3 is 0 Å². The van der Waals surface area contributed by atoms with Crippen molar-refractivity contribution in [2.24, 2.45) is 0 Å². The van der Waals surface area contributed by atoms with Crippen LogP contribution in [-0.2, 0) is 24.2 Å². The van der Waals surface area contributed by atoms with E-state index in [0.29, 0.717) is 19.7 Å². The molecule has 0 aliphatic carbocycles. The highest BCUT2D eigenvalue weighted by atomic mass is 32.2. The smallest absolute Gasteiger partial charge is 0.239 e. The number of methoxy groups -OCH3 is 1. The maximum absolute atomic E-state index is 12.0. The highest BCUT2D eigenvalue weighted by Crippen LogP contribution is 2.06. The van der Waals surface area contributed by atoms with E-state index < -0.39 is 9.84 Å². The molecule has 0 bridgehead atoms. The number of ether oxygens (including phenoxy) is 1. The van der Waals surface area contributed by atoms with Crippen LogP contribution in [-0.4, -0.2) is 83.1 Å². The van der Waals surface area contributed by atoms with E-state index in [1.807, 2.05) is 0 Å². The van der Waals surface area contributed by atoms with Crippen LogP contribution in [0.5, 0.6) is 0 Å². The van der Waals surface area contributed by atoms with Crippen molar-refractivity contribution in [2.75, 3.05) is 51.9 Å². The molecule has 2 amide bonds. The molecule has 0 aromatic rings. The number of likely N-dealkylation sites (N-methyl/N-ethyl adjacent to an activating group) is 1. The molecule has 1 aliphatic heterocycles. The third kappa shape index (κ3) is 6.87.